The van der Waals surface area contributed by atoms with Crippen molar-refractivity contribution >= 4 is 5.97 Å². The van der Waals surface area contributed by atoms with Gasteiger partial charge in [-0.25, -0.2) is 0 Å². The topological polar surface area (TPSA) is 40.5 Å². The van der Waals surface area contributed by atoms with Crippen LogP contribution in [0.1, 0.15) is 59.8 Å². The lowest BCUT2D eigenvalue weighted by Gasteiger charge is -2.43. The third-order valence-electron chi connectivity index (χ3n) is 5.63. The van der Waals surface area contributed by atoms with Crippen LogP contribution in [0.2, 0.25) is 0 Å². The number of aliphatic carboxylic acids is 1. The second kappa shape index (κ2) is 5.08. The van der Waals surface area contributed by atoms with Crippen molar-refractivity contribution in [2.24, 2.45) is 16.7 Å². The van der Waals surface area contributed by atoms with Crippen LogP contribution in [0.3, 0.4) is 0 Å². The SMILES string of the molecule is CCC1(C(=O)O)CCN(C2CCC(C)(C)CC2C)C1. The molecule has 2 fully saturated rings. The van der Waals surface area contributed by atoms with Gasteiger partial charge in [-0.1, -0.05) is 27.7 Å². The Morgan fingerprint density at radius 2 is 2.05 bits per heavy atom. The van der Waals surface area contributed by atoms with Gasteiger partial charge in [0.25, 0.3) is 0 Å². The Kier molecular flexibility index (Phi) is 3.97. The second-order valence-electron chi connectivity index (χ2n) is 7.61. The van der Waals surface area contributed by atoms with Crippen LogP contribution in [0.5, 0.6) is 0 Å². The summed E-state index contributed by atoms with van der Waals surface area (Å²) in [5.74, 6) is 0.0893. The fourth-order valence-electron chi connectivity index (χ4n) is 4.28. The van der Waals surface area contributed by atoms with Gasteiger partial charge in [-0.15, -0.1) is 0 Å². The Morgan fingerprint density at radius 1 is 1.37 bits per heavy atom. The van der Waals surface area contributed by atoms with E-state index < -0.39 is 11.4 Å². The summed E-state index contributed by atoms with van der Waals surface area (Å²) in [6.45, 7) is 10.8. The molecule has 0 bridgehead atoms. The standard InChI is InChI=1S/C16H29NO2/c1-5-16(14(18)19)8-9-17(11-16)13-6-7-15(3,4)10-12(13)2/h12-13H,5-11H2,1-4H3,(H,18,19). The van der Waals surface area contributed by atoms with Crippen LogP contribution in [0.4, 0.5) is 0 Å². The molecule has 2 rings (SSSR count). The number of hydrogen-bond donors (Lipinski definition) is 1. The number of carboxylic acid groups (broad SMARTS) is 1. The summed E-state index contributed by atoms with van der Waals surface area (Å²) in [6, 6.07) is 0.598. The van der Waals surface area contributed by atoms with Crippen LogP contribution in [0.25, 0.3) is 0 Å². The maximum atomic E-state index is 11.5. The number of hydrogen-bond acceptors (Lipinski definition) is 2. The minimum absolute atomic E-state index is 0.463. The van der Waals surface area contributed by atoms with Gasteiger partial charge in [-0.2, -0.15) is 0 Å². The first-order chi connectivity index (χ1) is 8.80. The molecule has 1 saturated carbocycles. The minimum atomic E-state index is -0.596. The Bertz CT molecular complexity index is 353. The molecule has 0 radical (unpaired) electrons. The fraction of sp³-hybridized carbons (Fsp3) is 0.938. The van der Waals surface area contributed by atoms with Crippen molar-refractivity contribution in [3.8, 4) is 0 Å². The van der Waals surface area contributed by atoms with Crippen molar-refractivity contribution in [3.63, 3.8) is 0 Å². The molecular weight excluding hydrogens is 238 g/mol. The van der Waals surface area contributed by atoms with E-state index in [-0.39, 0.29) is 0 Å². The van der Waals surface area contributed by atoms with Crippen molar-refractivity contribution < 1.29 is 9.90 Å². The zero-order chi connectivity index (χ0) is 14.3. The van der Waals surface area contributed by atoms with Crippen LogP contribution in [-0.2, 0) is 4.79 Å². The molecule has 0 aromatic rings. The van der Waals surface area contributed by atoms with Crippen molar-refractivity contribution in [2.45, 2.75) is 65.8 Å². The van der Waals surface area contributed by atoms with Gasteiger partial charge in [0.2, 0.25) is 0 Å². The van der Waals surface area contributed by atoms with Crippen LogP contribution >= 0.6 is 0 Å². The van der Waals surface area contributed by atoms with Gasteiger partial charge in [0.15, 0.2) is 0 Å². The van der Waals surface area contributed by atoms with Crippen LogP contribution < -0.4 is 0 Å². The van der Waals surface area contributed by atoms with E-state index in [1.54, 1.807) is 0 Å². The smallest absolute Gasteiger partial charge is 0.310 e. The van der Waals surface area contributed by atoms with Crippen LogP contribution in [0, 0.1) is 16.7 Å². The quantitative estimate of drug-likeness (QED) is 0.852. The summed E-state index contributed by atoms with van der Waals surface area (Å²) in [5.41, 5.74) is -0.0169. The van der Waals surface area contributed by atoms with Crippen molar-refractivity contribution in [3.05, 3.63) is 0 Å². The maximum Gasteiger partial charge on any atom is 0.310 e. The van der Waals surface area contributed by atoms with Crippen molar-refractivity contribution in [2.75, 3.05) is 13.1 Å². The molecule has 3 heteroatoms. The number of nitrogens with zero attached hydrogens (tertiary/aromatic N) is 1. The van der Waals surface area contributed by atoms with E-state index in [2.05, 4.69) is 25.7 Å². The zero-order valence-electron chi connectivity index (χ0n) is 12.9. The predicted molar refractivity (Wildman–Crippen MR) is 77.1 cm³/mol. The molecule has 0 amide bonds. The van der Waals surface area contributed by atoms with Gasteiger partial charge in [0.05, 0.1) is 5.41 Å². The normalized spacial score (nSPS) is 39.4. The highest BCUT2D eigenvalue weighted by atomic mass is 16.4. The molecule has 1 saturated heterocycles. The summed E-state index contributed by atoms with van der Waals surface area (Å²) in [7, 11) is 0. The predicted octanol–water partition coefficient (Wildman–Crippen LogP) is 3.39. The van der Waals surface area contributed by atoms with E-state index in [9.17, 15) is 9.90 Å². The Morgan fingerprint density at radius 3 is 2.53 bits per heavy atom. The van der Waals surface area contributed by atoms with E-state index in [0.29, 0.717) is 17.4 Å². The lowest BCUT2D eigenvalue weighted by molar-refractivity contribution is -0.148. The monoisotopic (exact) mass is 267 g/mol. The molecule has 3 unspecified atom stereocenters. The molecule has 0 spiro atoms. The Hall–Kier alpha value is -0.570. The van der Waals surface area contributed by atoms with Gasteiger partial charge in [0, 0.05) is 12.6 Å². The minimum Gasteiger partial charge on any atom is -0.481 e. The van der Waals surface area contributed by atoms with E-state index in [4.69, 9.17) is 0 Å². The highest BCUT2D eigenvalue weighted by Crippen LogP contribution is 2.43. The largest absolute Gasteiger partial charge is 0.481 e. The molecule has 1 heterocycles. The lowest BCUT2D eigenvalue weighted by Crippen LogP contribution is -2.45. The molecule has 1 aliphatic carbocycles. The second-order valence-corrected chi connectivity index (χ2v) is 7.61. The van der Waals surface area contributed by atoms with Crippen LogP contribution in [-0.4, -0.2) is 35.1 Å². The first kappa shape index (κ1) is 14.8. The first-order valence-electron chi connectivity index (χ1n) is 7.77. The van der Waals surface area contributed by atoms with E-state index in [1.165, 1.54) is 19.3 Å². The first-order valence-corrected chi connectivity index (χ1v) is 7.77. The van der Waals surface area contributed by atoms with E-state index in [0.717, 1.165) is 25.9 Å². The van der Waals surface area contributed by atoms with Crippen LogP contribution in [0.15, 0.2) is 0 Å². The summed E-state index contributed by atoms with van der Waals surface area (Å²) >= 11 is 0. The molecule has 0 aromatic heterocycles. The highest BCUT2D eigenvalue weighted by Gasteiger charge is 2.47. The van der Waals surface area contributed by atoms with Gasteiger partial charge < -0.3 is 5.11 Å². The fourth-order valence-corrected chi connectivity index (χ4v) is 4.28. The van der Waals surface area contributed by atoms with Gasteiger partial charge in [-0.05, 0) is 50.0 Å². The average molecular weight is 267 g/mol. The van der Waals surface area contributed by atoms with E-state index >= 15 is 0 Å². The third-order valence-corrected chi connectivity index (χ3v) is 5.63. The zero-order valence-corrected chi connectivity index (χ0v) is 12.9. The van der Waals surface area contributed by atoms with E-state index in [1.807, 2.05) is 6.92 Å². The molecule has 1 aliphatic heterocycles. The number of rotatable bonds is 3. The summed E-state index contributed by atoms with van der Waals surface area (Å²) in [4.78, 5) is 14.0. The van der Waals surface area contributed by atoms with Gasteiger partial charge in [0.1, 0.15) is 0 Å². The molecular formula is C16H29NO2. The van der Waals surface area contributed by atoms with Crippen molar-refractivity contribution in [1.82, 2.24) is 4.90 Å². The number of carbonyl (C=O) groups is 1. The molecule has 2 aliphatic rings. The van der Waals surface area contributed by atoms with Crippen molar-refractivity contribution in [1.29, 1.82) is 0 Å². The number of likely N-dealkylation sites (tertiary alicyclic amines) is 1. The molecule has 0 aromatic carbocycles. The van der Waals surface area contributed by atoms with Gasteiger partial charge >= 0.3 is 5.97 Å². The lowest BCUT2D eigenvalue weighted by atomic mass is 9.70. The average Bonchev–Trinajstić information content (AvgIpc) is 2.73. The molecule has 3 atom stereocenters. The molecule has 3 nitrogen and oxygen atoms in total. The maximum absolute atomic E-state index is 11.5. The van der Waals surface area contributed by atoms with Gasteiger partial charge in [-0.3, -0.25) is 9.69 Å². The Labute approximate surface area is 117 Å². The summed E-state index contributed by atoms with van der Waals surface area (Å²) < 4.78 is 0. The number of carboxylic acids is 1. The summed E-state index contributed by atoms with van der Waals surface area (Å²) in [6.07, 6.45) is 5.34. The Balaban J connectivity index is 2.03. The summed E-state index contributed by atoms with van der Waals surface area (Å²) in [5, 5.41) is 9.50. The molecule has 19 heavy (non-hydrogen) atoms. The third kappa shape index (κ3) is 2.81. The highest BCUT2D eigenvalue weighted by molar-refractivity contribution is 5.75. The molecule has 1 N–H and O–H groups in total. The molecule has 110 valence electrons.